The van der Waals surface area contributed by atoms with Gasteiger partial charge in [0, 0.05) is 0 Å². The van der Waals surface area contributed by atoms with Crippen molar-refractivity contribution >= 4 is 5.97 Å². The highest BCUT2D eigenvalue weighted by Crippen LogP contribution is 2.22. The second kappa shape index (κ2) is 56.3. The van der Waals surface area contributed by atoms with Crippen molar-refractivity contribution in [2.45, 2.75) is 349 Å². The molecule has 64 heavy (non-hydrogen) atoms. The molecule has 0 heterocycles. The van der Waals surface area contributed by atoms with E-state index in [2.05, 4.69) is 52.0 Å². The number of hydrogen-bond acceptors (Lipinski definition) is 2. The number of carbonyl (C=O) groups excluding carboxylic acids is 1. The zero-order valence-electron chi connectivity index (χ0n) is 44.8. The van der Waals surface area contributed by atoms with Gasteiger partial charge in [0.05, 0.1) is 12.5 Å². The molecule has 2 nitrogen and oxygen atoms in total. The van der Waals surface area contributed by atoms with E-state index >= 15 is 0 Å². The fourth-order valence-corrected chi connectivity index (χ4v) is 9.61. The minimum Gasteiger partial charge on any atom is -0.465 e. The van der Waals surface area contributed by atoms with E-state index in [0.717, 1.165) is 25.2 Å². The molecular weight excluding hydrogens is 777 g/mol. The fourth-order valence-electron chi connectivity index (χ4n) is 9.61. The lowest BCUT2D eigenvalue weighted by Gasteiger charge is -2.16. The molecule has 0 aliphatic carbocycles. The van der Waals surface area contributed by atoms with Crippen molar-refractivity contribution in [1.82, 2.24) is 0 Å². The third kappa shape index (κ3) is 53.6. The first kappa shape index (κ1) is 63.0. The molecule has 0 aromatic heterocycles. The number of ether oxygens (including phenoxy) is 1. The quantitative estimate of drug-likeness (QED) is 0.0345. The van der Waals surface area contributed by atoms with Crippen molar-refractivity contribution in [2.24, 2.45) is 11.8 Å². The molecule has 1 atom stereocenters. The number of esters is 1. The van der Waals surface area contributed by atoms with Gasteiger partial charge in [0.2, 0.25) is 0 Å². The largest absolute Gasteiger partial charge is 0.465 e. The molecule has 0 aliphatic heterocycles. The van der Waals surface area contributed by atoms with Gasteiger partial charge in [0.1, 0.15) is 0 Å². The molecule has 0 aliphatic rings. The predicted octanol–water partition coefficient (Wildman–Crippen LogP) is 22.5. The number of carbonyl (C=O) groups is 1. The highest BCUT2D eigenvalue weighted by atomic mass is 16.5. The van der Waals surface area contributed by atoms with Crippen LogP contribution in [0.5, 0.6) is 0 Å². The van der Waals surface area contributed by atoms with Crippen molar-refractivity contribution in [1.29, 1.82) is 0 Å². The molecule has 0 radical (unpaired) electrons. The predicted molar refractivity (Wildman–Crippen MR) is 290 cm³/mol. The molecule has 0 bridgehead atoms. The highest BCUT2D eigenvalue weighted by molar-refractivity contribution is 5.72. The highest BCUT2D eigenvalue weighted by Gasteiger charge is 2.19. The maximum Gasteiger partial charge on any atom is 0.308 e. The Bertz CT molecular complexity index is 918. The Kier molecular flexibility index (Phi) is 55.4. The Labute approximate surface area is 405 Å². The summed E-state index contributed by atoms with van der Waals surface area (Å²) in [7, 11) is 0. The van der Waals surface area contributed by atoms with Crippen molar-refractivity contribution in [3.63, 3.8) is 0 Å². The van der Waals surface area contributed by atoms with Gasteiger partial charge in [-0.25, -0.2) is 0 Å². The molecule has 2 heteroatoms. The Morgan fingerprint density at radius 3 is 0.828 bits per heavy atom. The summed E-state index contributed by atoms with van der Waals surface area (Å²) in [6.45, 7) is 9.92. The van der Waals surface area contributed by atoms with Gasteiger partial charge in [-0.2, -0.15) is 0 Å². The first-order chi connectivity index (χ1) is 31.6. The van der Waals surface area contributed by atoms with Crippen molar-refractivity contribution < 1.29 is 9.53 Å². The van der Waals surface area contributed by atoms with E-state index in [9.17, 15) is 4.79 Å². The topological polar surface area (TPSA) is 26.3 Å². The number of hydrogen-bond donors (Lipinski definition) is 0. The van der Waals surface area contributed by atoms with E-state index in [1.807, 2.05) is 0 Å². The van der Waals surface area contributed by atoms with Crippen LogP contribution in [0.1, 0.15) is 349 Å². The summed E-state index contributed by atoms with van der Waals surface area (Å²) in [6.07, 6.45) is 77.0. The lowest BCUT2D eigenvalue weighted by atomic mass is 9.94. The summed E-state index contributed by atoms with van der Waals surface area (Å²) in [5.41, 5.74) is 0. The summed E-state index contributed by atoms with van der Waals surface area (Å²) in [5.74, 6) is 1.11. The molecule has 0 rings (SSSR count). The molecule has 0 aromatic carbocycles. The standard InChI is InChI=1S/C62H120O2/c1-5-7-9-11-13-15-17-19-21-23-25-26-28-30-35-39-43-47-51-55-59-64-62(63)61(58-54-50-46-42-38-34-31-32-36-40-44-48-52-56-60(3)4)57-53-49-45-41-37-33-29-27-24-22-20-18-16-14-12-10-8-6-2/h19-22,60-61H,5-18,23-59H2,1-4H3/b21-19-,22-20-. The van der Waals surface area contributed by atoms with Gasteiger partial charge in [0.25, 0.3) is 0 Å². The van der Waals surface area contributed by atoms with Gasteiger partial charge in [-0.15, -0.1) is 0 Å². The third-order valence-electron chi connectivity index (χ3n) is 14.1. The molecule has 0 saturated carbocycles. The zero-order valence-corrected chi connectivity index (χ0v) is 44.8. The molecule has 0 spiro atoms. The van der Waals surface area contributed by atoms with Gasteiger partial charge in [-0.1, -0.05) is 302 Å². The Morgan fingerprint density at radius 2 is 0.547 bits per heavy atom. The summed E-state index contributed by atoms with van der Waals surface area (Å²) >= 11 is 0. The summed E-state index contributed by atoms with van der Waals surface area (Å²) < 4.78 is 5.96. The molecule has 0 saturated heterocycles. The normalized spacial score (nSPS) is 12.5. The Balaban J connectivity index is 4.11. The Morgan fingerprint density at radius 1 is 0.312 bits per heavy atom. The first-order valence-electron chi connectivity index (χ1n) is 30.1. The molecular formula is C62H120O2. The van der Waals surface area contributed by atoms with Crippen molar-refractivity contribution in [3.05, 3.63) is 24.3 Å². The van der Waals surface area contributed by atoms with Crippen LogP contribution in [0.2, 0.25) is 0 Å². The monoisotopic (exact) mass is 897 g/mol. The molecule has 0 fully saturated rings. The summed E-state index contributed by atoms with van der Waals surface area (Å²) in [4.78, 5) is 13.3. The average Bonchev–Trinajstić information content (AvgIpc) is 3.29. The smallest absolute Gasteiger partial charge is 0.308 e. The fraction of sp³-hybridized carbons (Fsp3) is 0.919. The molecule has 0 aromatic rings. The van der Waals surface area contributed by atoms with Gasteiger partial charge < -0.3 is 4.74 Å². The lowest BCUT2D eigenvalue weighted by molar-refractivity contribution is -0.149. The van der Waals surface area contributed by atoms with E-state index in [-0.39, 0.29) is 11.9 Å². The van der Waals surface area contributed by atoms with E-state index < -0.39 is 0 Å². The third-order valence-corrected chi connectivity index (χ3v) is 14.1. The first-order valence-corrected chi connectivity index (χ1v) is 30.1. The van der Waals surface area contributed by atoms with Crippen LogP contribution < -0.4 is 0 Å². The molecule has 1 unspecified atom stereocenters. The van der Waals surface area contributed by atoms with Gasteiger partial charge in [0.15, 0.2) is 0 Å². The number of rotatable bonds is 55. The van der Waals surface area contributed by atoms with Crippen LogP contribution in [-0.4, -0.2) is 12.6 Å². The molecule has 0 N–H and O–H groups in total. The van der Waals surface area contributed by atoms with Crippen molar-refractivity contribution in [3.8, 4) is 0 Å². The van der Waals surface area contributed by atoms with Gasteiger partial charge in [-0.3, -0.25) is 4.79 Å². The van der Waals surface area contributed by atoms with Crippen LogP contribution in [0, 0.1) is 11.8 Å². The second-order valence-corrected chi connectivity index (χ2v) is 21.2. The minimum absolute atomic E-state index is 0.120. The second-order valence-electron chi connectivity index (χ2n) is 21.2. The van der Waals surface area contributed by atoms with E-state index in [1.165, 1.54) is 302 Å². The van der Waals surface area contributed by atoms with Crippen LogP contribution in [0.4, 0.5) is 0 Å². The average molecular weight is 898 g/mol. The van der Waals surface area contributed by atoms with Crippen molar-refractivity contribution in [2.75, 3.05) is 6.61 Å². The summed E-state index contributed by atoms with van der Waals surface area (Å²) in [5, 5.41) is 0. The van der Waals surface area contributed by atoms with Crippen LogP contribution in [0.3, 0.4) is 0 Å². The SMILES string of the molecule is CCCCCCCC/C=C\CCCCCCCCCCCCOC(=O)C(CCCCCCCCCC/C=C\CCCCCCCC)CCCCCCCCCCCCCCCC(C)C. The van der Waals surface area contributed by atoms with E-state index in [4.69, 9.17) is 4.74 Å². The maximum atomic E-state index is 13.3. The lowest BCUT2D eigenvalue weighted by Crippen LogP contribution is -2.18. The van der Waals surface area contributed by atoms with E-state index in [1.54, 1.807) is 0 Å². The zero-order chi connectivity index (χ0) is 46.3. The molecule has 0 amide bonds. The van der Waals surface area contributed by atoms with Crippen LogP contribution >= 0.6 is 0 Å². The van der Waals surface area contributed by atoms with Crippen LogP contribution in [0.25, 0.3) is 0 Å². The van der Waals surface area contributed by atoms with E-state index in [0.29, 0.717) is 6.61 Å². The van der Waals surface area contributed by atoms with Crippen LogP contribution in [0.15, 0.2) is 24.3 Å². The van der Waals surface area contributed by atoms with Crippen LogP contribution in [-0.2, 0) is 9.53 Å². The summed E-state index contributed by atoms with van der Waals surface area (Å²) in [6, 6.07) is 0. The molecule has 380 valence electrons. The number of unbranched alkanes of at least 4 members (excludes halogenated alkanes) is 42. The van der Waals surface area contributed by atoms with Gasteiger partial charge >= 0.3 is 5.97 Å². The number of allylic oxidation sites excluding steroid dienone is 4. The Hall–Kier alpha value is -1.05. The van der Waals surface area contributed by atoms with Gasteiger partial charge in [-0.05, 0) is 76.5 Å². The maximum absolute atomic E-state index is 13.3. The minimum atomic E-state index is 0.120.